The molecule has 0 unspecified atom stereocenters. The van der Waals surface area contributed by atoms with Crippen LogP contribution in [0.4, 0.5) is 10.1 Å². The van der Waals surface area contributed by atoms with Gasteiger partial charge in [-0.1, -0.05) is 18.2 Å². The molecule has 0 radical (unpaired) electrons. The van der Waals surface area contributed by atoms with Gasteiger partial charge in [0, 0.05) is 19.1 Å². The van der Waals surface area contributed by atoms with Crippen LogP contribution in [0.5, 0.6) is 0 Å². The number of halogens is 1. The minimum absolute atomic E-state index is 0.161. The number of hydrogen-bond acceptors (Lipinski definition) is 2. The lowest BCUT2D eigenvalue weighted by Crippen LogP contribution is -2.24. The molecule has 0 aliphatic rings. The molecule has 0 fully saturated rings. The summed E-state index contributed by atoms with van der Waals surface area (Å²) in [5.74, 6) is -0.261. The predicted molar refractivity (Wildman–Crippen MR) is 71.6 cm³/mol. The van der Waals surface area contributed by atoms with Crippen LogP contribution in [-0.4, -0.2) is 13.1 Å². The Morgan fingerprint density at radius 2 is 1.94 bits per heavy atom. The summed E-state index contributed by atoms with van der Waals surface area (Å²) in [5.41, 5.74) is 7.06. The maximum atomic E-state index is 13.9. The van der Waals surface area contributed by atoms with Crippen LogP contribution in [0.3, 0.4) is 0 Å². The van der Waals surface area contributed by atoms with Gasteiger partial charge in [-0.25, -0.2) is 4.39 Å². The minimum atomic E-state index is -0.261. The lowest BCUT2D eigenvalue weighted by atomic mass is 10.1. The summed E-state index contributed by atoms with van der Waals surface area (Å²) in [5, 5.41) is 0. The van der Waals surface area contributed by atoms with E-state index in [4.69, 9.17) is 5.73 Å². The van der Waals surface area contributed by atoms with Crippen molar-refractivity contribution in [3.8, 4) is 0 Å². The van der Waals surface area contributed by atoms with Gasteiger partial charge in [-0.05, 0) is 24.6 Å². The molecule has 0 amide bonds. The molecule has 92 valence electrons. The average molecular weight is 234 g/mol. The smallest absolute Gasteiger partial charge is 0.146 e. The number of nitrogens with two attached hydrogens (primary N) is 1. The van der Waals surface area contributed by atoms with Gasteiger partial charge in [-0.15, -0.1) is 13.2 Å². The SMILES string of the molecule is C=CCN(CC=C)c1ccc([C@@H](C)N)cc1F. The van der Waals surface area contributed by atoms with Gasteiger partial charge in [0.2, 0.25) is 0 Å². The molecule has 1 atom stereocenters. The highest BCUT2D eigenvalue weighted by molar-refractivity contribution is 5.50. The van der Waals surface area contributed by atoms with Crippen LogP contribution in [-0.2, 0) is 0 Å². The Morgan fingerprint density at radius 3 is 2.35 bits per heavy atom. The number of nitrogens with zero attached hydrogens (tertiary/aromatic N) is 1. The minimum Gasteiger partial charge on any atom is -0.362 e. The van der Waals surface area contributed by atoms with Crippen molar-refractivity contribution in [1.82, 2.24) is 0 Å². The molecule has 0 aromatic heterocycles. The van der Waals surface area contributed by atoms with Crippen molar-refractivity contribution in [1.29, 1.82) is 0 Å². The molecule has 0 aliphatic heterocycles. The average Bonchev–Trinajstić information content (AvgIpc) is 2.28. The highest BCUT2D eigenvalue weighted by atomic mass is 19.1. The van der Waals surface area contributed by atoms with Crippen molar-refractivity contribution in [2.24, 2.45) is 5.73 Å². The molecule has 17 heavy (non-hydrogen) atoms. The molecular formula is C14H19FN2. The molecule has 0 bridgehead atoms. The van der Waals surface area contributed by atoms with Crippen LogP contribution < -0.4 is 10.6 Å². The maximum Gasteiger partial charge on any atom is 0.146 e. The molecule has 1 aromatic carbocycles. The van der Waals surface area contributed by atoms with E-state index in [1.54, 1.807) is 18.2 Å². The van der Waals surface area contributed by atoms with Crippen molar-refractivity contribution < 1.29 is 4.39 Å². The van der Waals surface area contributed by atoms with E-state index in [2.05, 4.69) is 13.2 Å². The number of rotatable bonds is 6. The summed E-state index contributed by atoms with van der Waals surface area (Å²) in [6.07, 6.45) is 3.48. The standard InChI is InChI=1S/C14H19FN2/c1-4-8-17(9-5-2)14-7-6-12(11(3)16)10-13(14)15/h4-7,10-11H,1-2,8-9,16H2,3H3/t11-/m1/s1. The molecule has 0 saturated carbocycles. The van der Waals surface area contributed by atoms with Gasteiger partial charge in [0.1, 0.15) is 5.82 Å². The van der Waals surface area contributed by atoms with Crippen LogP contribution in [0, 0.1) is 5.82 Å². The van der Waals surface area contributed by atoms with Gasteiger partial charge >= 0.3 is 0 Å². The van der Waals surface area contributed by atoms with Crippen LogP contribution in [0.25, 0.3) is 0 Å². The molecule has 2 N–H and O–H groups in total. The van der Waals surface area contributed by atoms with E-state index in [1.165, 1.54) is 6.07 Å². The van der Waals surface area contributed by atoms with E-state index in [-0.39, 0.29) is 11.9 Å². The summed E-state index contributed by atoms with van der Waals surface area (Å²) in [6.45, 7) is 10.3. The fourth-order valence-electron chi connectivity index (χ4n) is 1.65. The largest absolute Gasteiger partial charge is 0.362 e. The number of hydrogen-bond donors (Lipinski definition) is 1. The lowest BCUT2D eigenvalue weighted by Gasteiger charge is -2.22. The maximum absolute atomic E-state index is 13.9. The third-order valence-corrected chi connectivity index (χ3v) is 2.54. The van der Waals surface area contributed by atoms with Crippen molar-refractivity contribution in [3.05, 3.63) is 54.9 Å². The lowest BCUT2D eigenvalue weighted by molar-refractivity contribution is 0.617. The number of benzene rings is 1. The van der Waals surface area contributed by atoms with Crippen LogP contribution >= 0.6 is 0 Å². The fraction of sp³-hybridized carbons (Fsp3) is 0.286. The zero-order valence-corrected chi connectivity index (χ0v) is 10.2. The second-order valence-corrected chi connectivity index (χ2v) is 3.98. The predicted octanol–water partition coefficient (Wildman–Crippen LogP) is 3.02. The first-order valence-corrected chi connectivity index (χ1v) is 5.62. The van der Waals surface area contributed by atoms with Gasteiger partial charge in [0.25, 0.3) is 0 Å². The quantitative estimate of drug-likeness (QED) is 0.767. The van der Waals surface area contributed by atoms with Crippen LogP contribution in [0.1, 0.15) is 18.5 Å². The van der Waals surface area contributed by atoms with E-state index in [9.17, 15) is 4.39 Å². The Kier molecular flexibility index (Phi) is 4.91. The Bertz CT molecular complexity index is 389. The van der Waals surface area contributed by atoms with E-state index in [1.807, 2.05) is 17.9 Å². The van der Waals surface area contributed by atoms with E-state index in [0.29, 0.717) is 18.8 Å². The molecule has 0 saturated heterocycles. The van der Waals surface area contributed by atoms with Crippen molar-refractivity contribution in [2.75, 3.05) is 18.0 Å². The molecule has 3 heteroatoms. The topological polar surface area (TPSA) is 29.3 Å². The van der Waals surface area contributed by atoms with Gasteiger partial charge in [0.05, 0.1) is 5.69 Å². The second-order valence-electron chi connectivity index (χ2n) is 3.98. The van der Waals surface area contributed by atoms with E-state index >= 15 is 0 Å². The molecule has 2 nitrogen and oxygen atoms in total. The Hall–Kier alpha value is -1.61. The molecule has 1 rings (SSSR count). The molecule has 0 aliphatic carbocycles. The van der Waals surface area contributed by atoms with E-state index < -0.39 is 0 Å². The summed E-state index contributed by atoms with van der Waals surface area (Å²) >= 11 is 0. The monoisotopic (exact) mass is 234 g/mol. The first-order valence-electron chi connectivity index (χ1n) is 5.62. The fourth-order valence-corrected chi connectivity index (χ4v) is 1.65. The van der Waals surface area contributed by atoms with Gasteiger partial charge in [-0.3, -0.25) is 0 Å². The molecule has 0 spiro atoms. The highest BCUT2D eigenvalue weighted by Crippen LogP contribution is 2.22. The second kappa shape index (κ2) is 6.21. The summed E-state index contributed by atoms with van der Waals surface area (Å²) in [7, 11) is 0. The Labute approximate surface area is 102 Å². The van der Waals surface area contributed by atoms with Crippen molar-refractivity contribution in [3.63, 3.8) is 0 Å². The number of anilines is 1. The first-order chi connectivity index (χ1) is 8.10. The highest BCUT2D eigenvalue weighted by Gasteiger charge is 2.11. The van der Waals surface area contributed by atoms with Crippen LogP contribution in [0.15, 0.2) is 43.5 Å². The van der Waals surface area contributed by atoms with Crippen LogP contribution in [0.2, 0.25) is 0 Å². The normalized spacial score (nSPS) is 11.9. The van der Waals surface area contributed by atoms with E-state index in [0.717, 1.165) is 5.56 Å². The van der Waals surface area contributed by atoms with Gasteiger partial charge in [0.15, 0.2) is 0 Å². The Morgan fingerprint density at radius 1 is 1.35 bits per heavy atom. The third-order valence-electron chi connectivity index (χ3n) is 2.54. The van der Waals surface area contributed by atoms with Gasteiger partial charge in [-0.2, -0.15) is 0 Å². The third kappa shape index (κ3) is 3.43. The molecule has 0 heterocycles. The zero-order valence-electron chi connectivity index (χ0n) is 10.2. The Balaban J connectivity index is 3.03. The first kappa shape index (κ1) is 13.5. The zero-order chi connectivity index (χ0) is 12.8. The van der Waals surface area contributed by atoms with Crippen molar-refractivity contribution >= 4 is 5.69 Å². The van der Waals surface area contributed by atoms with Gasteiger partial charge < -0.3 is 10.6 Å². The summed E-state index contributed by atoms with van der Waals surface area (Å²) < 4.78 is 13.9. The van der Waals surface area contributed by atoms with Crippen molar-refractivity contribution in [2.45, 2.75) is 13.0 Å². The summed E-state index contributed by atoms with van der Waals surface area (Å²) in [6, 6.07) is 4.92. The summed E-state index contributed by atoms with van der Waals surface area (Å²) in [4.78, 5) is 1.86. The molecule has 1 aromatic rings. The molecular weight excluding hydrogens is 215 g/mol.